The summed E-state index contributed by atoms with van der Waals surface area (Å²) in [6.07, 6.45) is 3.17. The van der Waals surface area contributed by atoms with Crippen LogP contribution in [0.4, 0.5) is 0 Å². The SMILES string of the molecule is CCCC(C)(NC(=O)c1cccn1C(C)C)C(=O)OC. The van der Waals surface area contributed by atoms with Gasteiger partial charge in [-0.2, -0.15) is 0 Å². The Morgan fingerprint density at radius 1 is 1.45 bits per heavy atom. The van der Waals surface area contributed by atoms with E-state index in [1.807, 2.05) is 37.6 Å². The number of hydrogen-bond donors (Lipinski definition) is 1. The molecule has 0 aliphatic carbocycles. The smallest absolute Gasteiger partial charge is 0.331 e. The van der Waals surface area contributed by atoms with Gasteiger partial charge in [-0.15, -0.1) is 0 Å². The van der Waals surface area contributed by atoms with Crippen molar-refractivity contribution in [3.05, 3.63) is 24.0 Å². The highest BCUT2D eigenvalue weighted by atomic mass is 16.5. The van der Waals surface area contributed by atoms with Gasteiger partial charge in [-0.1, -0.05) is 13.3 Å². The van der Waals surface area contributed by atoms with Gasteiger partial charge in [0, 0.05) is 12.2 Å². The predicted molar refractivity (Wildman–Crippen MR) is 77.6 cm³/mol. The number of ether oxygens (including phenoxy) is 1. The summed E-state index contributed by atoms with van der Waals surface area (Å²) in [5.41, 5.74) is -0.446. The number of hydrogen-bond acceptors (Lipinski definition) is 3. The van der Waals surface area contributed by atoms with Gasteiger partial charge >= 0.3 is 5.97 Å². The summed E-state index contributed by atoms with van der Waals surface area (Å²) >= 11 is 0. The van der Waals surface area contributed by atoms with E-state index in [4.69, 9.17) is 4.74 Å². The Labute approximate surface area is 120 Å². The molecule has 0 fully saturated rings. The molecule has 5 heteroatoms. The van der Waals surface area contributed by atoms with Gasteiger partial charge in [0.1, 0.15) is 11.2 Å². The first kappa shape index (κ1) is 16.3. The van der Waals surface area contributed by atoms with E-state index in [1.165, 1.54) is 7.11 Å². The van der Waals surface area contributed by atoms with Crippen molar-refractivity contribution in [3.8, 4) is 0 Å². The number of carbonyl (C=O) groups excluding carboxylic acids is 2. The largest absolute Gasteiger partial charge is 0.467 e. The molecule has 0 bridgehead atoms. The third kappa shape index (κ3) is 3.40. The molecule has 1 aromatic rings. The molecular formula is C15H24N2O3. The van der Waals surface area contributed by atoms with Crippen LogP contribution in [0.15, 0.2) is 18.3 Å². The van der Waals surface area contributed by atoms with Crippen LogP contribution in [0, 0.1) is 0 Å². The molecule has 1 aromatic heterocycles. The summed E-state index contributed by atoms with van der Waals surface area (Å²) in [7, 11) is 1.33. The van der Waals surface area contributed by atoms with Gasteiger partial charge in [0.2, 0.25) is 0 Å². The molecule has 0 saturated heterocycles. The van der Waals surface area contributed by atoms with E-state index < -0.39 is 11.5 Å². The maximum atomic E-state index is 12.4. The molecule has 0 spiro atoms. The Morgan fingerprint density at radius 2 is 2.10 bits per heavy atom. The average Bonchev–Trinajstić information content (AvgIpc) is 2.87. The van der Waals surface area contributed by atoms with Gasteiger partial charge in [0.05, 0.1) is 7.11 Å². The third-order valence-electron chi connectivity index (χ3n) is 3.34. The van der Waals surface area contributed by atoms with Crippen molar-refractivity contribution < 1.29 is 14.3 Å². The van der Waals surface area contributed by atoms with Crippen LogP contribution >= 0.6 is 0 Å². The molecule has 112 valence electrons. The van der Waals surface area contributed by atoms with Crippen LogP contribution in [-0.2, 0) is 9.53 Å². The summed E-state index contributed by atoms with van der Waals surface area (Å²) in [5.74, 6) is -0.680. The number of carbonyl (C=O) groups is 2. The second kappa shape index (κ2) is 6.59. The molecule has 1 amide bonds. The third-order valence-corrected chi connectivity index (χ3v) is 3.34. The number of amides is 1. The fourth-order valence-corrected chi connectivity index (χ4v) is 2.29. The minimum atomic E-state index is -0.993. The zero-order valence-electron chi connectivity index (χ0n) is 12.9. The lowest BCUT2D eigenvalue weighted by Gasteiger charge is -2.28. The molecule has 0 aliphatic heterocycles. The lowest BCUT2D eigenvalue weighted by molar-refractivity contribution is -0.147. The van der Waals surface area contributed by atoms with Crippen LogP contribution in [0.25, 0.3) is 0 Å². The number of methoxy groups -OCH3 is 1. The van der Waals surface area contributed by atoms with Crippen molar-refractivity contribution in [3.63, 3.8) is 0 Å². The molecule has 0 saturated carbocycles. The van der Waals surface area contributed by atoms with Gasteiger partial charge in [0.15, 0.2) is 0 Å². The van der Waals surface area contributed by atoms with Gasteiger partial charge in [-0.3, -0.25) is 4.79 Å². The zero-order chi connectivity index (χ0) is 15.3. The molecule has 0 radical (unpaired) electrons. The zero-order valence-corrected chi connectivity index (χ0v) is 12.9. The molecule has 20 heavy (non-hydrogen) atoms. The maximum Gasteiger partial charge on any atom is 0.331 e. The van der Waals surface area contributed by atoms with Crippen LogP contribution in [0.2, 0.25) is 0 Å². The normalized spacial score (nSPS) is 13.9. The summed E-state index contributed by atoms with van der Waals surface area (Å²) in [6, 6.07) is 3.75. The van der Waals surface area contributed by atoms with Crippen molar-refractivity contribution in [1.29, 1.82) is 0 Å². The van der Waals surface area contributed by atoms with E-state index in [0.717, 1.165) is 6.42 Å². The fraction of sp³-hybridized carbons (Fsp3) is 0.600. The van der Waals surface area contributed by atoms with Crippen LogP contribution in [-0.4, -0.2) is 29.1 Å². The molecule has 1 unspecified atom stereocenters. The molecule has 0 aliphatic rings. The Kier molecular flexibility index (Phi) is 5.36. The molecule has 1 rings (SSSR count). The van der Waals surface area contributed by atoms with Crippen molar-refractivity contribution in [2.75, 3.05) is 7.11 Å². The average molecular weight is 280 g/mol. The Morgan fingerprint density at radius 3 is 2.60 bits per heavy atom. The maximum absolute atomic E-state index is 12.4. The van der Waals surface area contributed by atoms with Crippen molar-refractivity contribution >= 4 is 11.9 Å². The van der Waals surface area contributed by atoms with Crippen molar-refractivity contribution in [2.45, 2.75) is 52.1 Å². The van der Waals surface area contributed by atoms with Gasteiger partial charge in [-0.25, -0.2) is 4.79 Å². The monoisotopic (exact) mass is 280 g/mol. The quantitative estimate of drug-likeness (QED) is 0.815. The van der Waals surface area contributed by atoms with E-state index in [1.54, 1.807) is 13.0 Å². The Hall–Kier alpha value is -1.78. The minimum absolute atomic E-state index is 0.182. The van der Waals surface area contributed by atoms with Crippen LogP contribution < -0.4 is 5.32 Å². The van der Waals surface area contributed by atoms with Crippen LogP contribution in [0.3, 0.4) is 0 Å². The van der Waals surface area contributed by atoms with E-state index >= 15 is 0 Å². The van der Waals surface area contributed by atoms with Crippen LogP contribution in [0.5, 0.6) is 0 Å². The number of rotatable bonds is 6. The van der Waals surface area contributed by atoms with Gasteiger partial charge in [-0.05, 0) is 39.3 Å². The van der Waals surface area contributed by atoms with Gasteiger partial charge < -0.3 is 14.6 Å². The second-order valence-electron chi connectivity index (χ2n) is 5.42. The highest BCUT2D eigenvalue weighted by Gasteiger charge is 2.35. The van der Waals surface area contributed by atoms with E-state index in [0.29, 0.717) is 12.1 Å². The van der Waals surface area contributed by atoms with E-state index in [9.17, 15) is 9.59 Å². The summed E-state index contributed by atoms with van der Waals surface area (Å²) in [6.45, 7) is 7.66. The highest BCUT2D eigenvalue weighted by Crippen LogP contribution is 2.17. The first-order valence-electron chi connectivity index (χ1n) is 6.93. The summed E-state index contributed by atoms with van der Waals surface area (Å²) in [4.78, 5) is 24.3. The van der Waals surface area contributed by atoms with Crippen molar-refractivity contribution in [2.24, 2.45) is 0 Å². The molecule has 1 N–H and O–H groups in total. The highest BCUT2D eigenvalue weighted by molar-refractivity contribution is 5.97. The Balaban J connectivity index is 2.97. The molecule has 0 aromatic carbocycles. The molecule has 1 atom stereocenters. The molecule has 5 nitrogen and oxygen atoms in total. The number of nitrogens with zero attached hydrogens (tertiary/aromatic N) is 1. The first-order valence-corrected chi connectivity index (χ1v) is 6.93. The molecular weight excluding hydrogens is 256 g/mol. The lowest BCUT2D eigenvalue weighted by atomic mass is 9.96. The summed E-state index contributed by atoms with van der Waals surface area (Å²) in [5, 5.41) is 2.81. The lowest BCUT2D eigenvalue weighted by Crippen LogP contribution is -2.53. The topological polar surface area (TPSA) is 60.3 Å². The van der Waals surface area contributed by atoms with Crippen LogP contribution in [0.1, 0.15) is 57.1 Å². The first-order chi connectivity index (χ1) is 9.35. The standard InChI is InChI=1S/C15H24N2O3/c1-6-9-15(4,14(19)20-5)16-13(18)12-8-7-10-17(12)11(2)3/h7-8,10-11H,6,9H2,1-5H3,(H,16,18). The predicted octanol–water partition coefficient (Wildman–Crippen LogP) is 2.53. The van der Waals surface area contributed by atoms with Gasteiger partial charge in [0.25, 0.3) is 5.91 Å². The molecule has 1 heterocycles. The van der Waals surface area contributed by atoms with E-state index in [2.05, 4.69) is 5.32 Å². The number of esters is 1. The number of nitrogens with one attached hydrogen (secondary N) is 1. The van der Waals surface area contributed by atoms with E-state index in [-0.39, 0.29) is 11.9 Å². The Bertz CT molecular complexity index is 479. The fourth-order valence-electron chi connectivity index (χ4n) is 2.29. The van der Waals surface area contributed by atoms with Crippen molar-refractivity contribution in [1.82, 2.24) is 9.88 Å². The summed E-state index contributed by atoms with van der Waals surface area (Å²) < 4.78 is 6.68. The minimum Gasteiger partial charge on any atom is -0.467 e. The number of aromatic nitrogens is 1. The second-order valence-corrected chi connectivity index (χ2v) is 5.42.